The first-order chi connectivity index (χ1) is 9.38. The molecule has 0 heterocycles. The van der Waals surface area contributed by atoms with Crippen LogP contribution in [0.2, 0.25) is 0 Å². The highest BCUT2D eigenvalue weighted by atomic mass is 16.5. The molecule has 20 heavy (non-hydrogen) atoms. The Morgan fingerprint density at radius 2 is 1.95 bits per heavy atom. The molecule has 1 aromatic rings. The molecule has 2 aliphatic carbocycles. The van der Waals surface area contributed by atoms with Gasteiger partial charge in [0, 0.05) is 0 Å². The molecule has 0 aliphatic heterocycles. The van der Waals surface area contributed by atoms with Crippen molar-refractivity contribution < 1.29 is 9.84 Å². The Morgan fingerprint density at radius 1 is 1.20 bits per heavy atom. The van der Waals surface area contributed by atoms with E-state index in [0.29, 0.717) is 17.1 Å². The van der Waals surface area contributed by atoms with E-state index < -0.39 is 0 Å². The number of aryl methyl sites for hydroxylation is 1. The van der Waals surface area contributed by atoms with Crippen LogP contribution in [0.3, 0.4) is 0 Å². The number of rotatable bonds is 1. The van der Waals surface area contributed by atoms with Crippen molar-refractivity contribution in [2.45, 2.75) is 58.3 Å². The van der Waals surface area contributed by atoms with Crippen molar-refractivity contribution in [3.8, 4) is 11.5 Å². The highest BCUT2D eigenvalue weighted by Crippen LogP contribution is 2.57. The number of hydrogen-bond acceptors (Lipinski definition) is 2. The van der Waals surface area contributed by atoms with Crippen molar-refractivity contribution in [3.05, 3.63) is 23.3 Å². The van der Waals surface area contributed by atoms with Gasteiger partial charge < -0.3 is 9.84 Å². The fraction of sp³-hybridized carbons (Fsp3) is 0.667. The average Bonchev–Trinajstić information content (AvgIpc) is 2.38. The van der Waals surface area contributed by atoms with Gasteiger partial charge >= 0.3 is 0 Å². The van der Waals surface area contributed by atoms with E-state index in [9.17, 15) is 5.11 Å². The molecule has 2 nitrogen and oxygen atoms in total. The molecule has 2 atom stereocenters. The van der Waals surface area contributed by atoms with Gasteiger partial charge in [0.25, 0.3) is 0 Å². The Morgan fingerprint density at radius 3 is 2.65 bits per heavy atom. The van der Waals surface area contributed by atoms with Crippen LogP contribution < -0.4 is 4.74 Å². The second kappa shape index (κ2) is 4.41. The van der Waals surface area contributed by atoms with Crippen LogP contribution in [-0.4, -0.2) is 12.2 Å². The van der Waals surface area contributed by atoms with Gasteiger partial charge in [0.2, 0.25) is 0 Å². The first-order valence-electron chi connectivity index (χ1n) is 7.79. The van der Waals surface area contributed by atoms with E-state index in [1.165, 1.54) is 36.8 Å². The van der Waals surface area contributed by atoms with Gasteiger partial charge in [-0.1, -0.05) is 27.2 Å². The van der Waals surface area contributed by atoms with Gasteiger partial charge in [-0.3, -0.25) is 0 Å². The molecule has 0 radical (unpaired) electrons. The van der Waals surface area contributed by atoms with E-state index in [4.69, 9.17) is 4.74 Å². The molecule has 0 bridgehead atoms. The number of fused-ring (bicyclic) bond motifs is 3. The van der Waals surface area contributed by atoms with Crippen LogP contribution in [-0.2, 0) is 11.8 Å². The molecule has 1 fully saturated rings. The summed E-state index contributed by atoms with van der Waals surface area (Å²) in [6.45, 7) is 7.25. The molecule has 0 amide bonds. The van der Waals surface area contributed by atoms with E-state index in [2.05, 4.69) is 20.8 Å². The number of phenols is 1. The van der Waals surface area contributed by atoms with Gasteiger partial charge in [-0.25, -0.2) is 0 Å². The van der Waals surface area contributed by atoms with E-state index in [-0.39, 0.29) is 11.2 Å². The van der Waals surface area contributed by atoms with E-state index in [1.54, 1.807) is 7.11 Å². The topological polar surface area (TPSA) is 29.5 Å². The predicted molar refractivity (Wildman–Crippen MR) is 81.5 cm³/mol. The van der Waals surface area contributed by atoms with Gasteiger partial charge in [-0.15, -0.1) is 0 Å². The summed E-state index contributed by atoms with van der Waals surface area (Å²) in [5.74, 6) is 1.61. The highest BCUT2D eigenvalue weighted by Gasteiger charge is 2.49. The van der Waals surface area contributed by atoms with Gasteiger partial charge in [0.05, 0.1) is 7.11 Å². The van der Waals surface area contributed by atoms with Crippen LogP contribution in [0, 0.1) is 11.3 Å². The monoisotopic (exact) mass is 274 g/mol. The summed E-state index contributed by atoms with van der Waals surface area (Å²) < 4.78 is 5.27. The molecule has 2 aliphatic rings. The molecule has 0 aromatic heterocycles. The van der Waals surface area contributed by atoms with E-state index >= 15 is 0 Å². The van der Waals surface area contributed by atoms with Crippen LogP contribution in [0.1, 0.15) is 57.6 Å². The summed E-state index contributed by atoms with van der Waals surface area (Å²) in [6, 6.07) is 4.02. The van der Waals surface area contributed by atoms with Crippen molar-refractivity contribution in [1.82, 2.24) is 0 Å². The third kappa shape index (κ3) is 1.84. The van der Waals surface area contributed by atoms with Crippen molar-refractivity contribution in [2.24, 2.45) is 11.3 Å². The Hall–Kier alpha value is -1.18. The summed E-state index contributed by atoms with van der Waals surface area (Å²) in [6.07, 6.45) is 6.21. The van der Waals surface area contributed by atoms with Crippen molar-refractivity contribution in [1.29, 1.82) is 0 Å². The first-order valence-corrected chi connectivity index (χ1v) is 7.79. The largest absolute Gasteiger partial charge is 0.504 e. The maximum absolute atomic E-state index is 10.2. The minimum Gasteiger partial charge on any atom is -0.504 e. The van der Waals surface area contributed by atoms with Crippen LogP contribution in [0.15, 0.2) is 12.1 Å². The van der Waals surface area contributed by atoms with Crippen LogP contribution in [0.25, 0.3) is 0 Å². The molecule has 1 saturated carbocycles. The Balaban J connectivity index is 2.12. The number of benzene rings is 1. The Bertz CT molecular complexity index is 532. The predicted octanol–water partition coefficient (Wildman–Crippen LogP) is 4.43. The maximum Gasteiger partial charge on any atom is 0.160 e. The Labute approximate surface area is 122 Å². The van der Waals surface area contributed by atoms with Gasteiger partial charge in [0.1, 0.15) is 0 Å². The second-order valence-corrected chi connectivity index (χ2v) is 7.53. The zero-order chi connectivity index (χ0) is 14.5. The number of aromatic hydroxyl groups is 1. The fourth-order valence-electron chi connectivity index (χ4n) is 4.97. The number of phenolic OH excluding ortho intramolecular Hbond substituents is 1. The number of ether oxygens (including phenoxy) is 1. The third-order valence-electron chi connectivity index (χ3n) is 5.95. The molecule has 0 saturated heterocycles. The second-order valence-electron chi connectivity index (χ2n) is 7.53. The smallest absolute Gasteiger partial charge is 0.160 e. The van der Waals surface area contributed by atoms with Gasteiger partial charge in [-0.2, -0.15) is 0 Å². The molecule has 2 unspecified atom stereocenters. The zero-order valence-electron chi connectivity index (χ0n) is 13.1. The lowest BCUT2D eigenvalue weighted by molar-refractivity contribution is 0.0405. The lowest BCUT2D eigenvalue weighted by atomic mass is 9.50. The molecule has 1 aromatic carbocycles. The minimum atomic E-state index is 0.207. The third-order valence-corrected chi connectivity index (χ3v) is 5.95. The molecular formula is C18H26O2. The molecule has 2 heteroatoms. The molecular weight excluding hydrogens is 248 g/mol. The lowest BCUT2D eigenvalue weighted by Crippen LogP contribution is -2.47. The SMILES string of the molecule is COc1cc2c(cc1O)C1(C)CCCC(C)(C)C1CC2. The lowest BCUT2D eigenvalue weighted by Gasteiger charge is -2.54. The Kier molecular flexibility index (Phi) is 3.04. The van der Waals surface area contributed by atoms with Crippen LogP contribution in [0.5, 0.6) is 11.5 Å². The minimum absolute atomic E-state index is 0.207. The average molecular weight is 274 g/mol. The summed E-state index contributed by atoms with van der Waals surface area (Å²) >= 11 is 0. The van der Waals surface area contributed by atoms with E-state index in [0.717, 1.165) is 6.42 Å². The van der Waals surface area contributed by atoms with Gasteiger partial charge in [-0.05, 0) is 65.7 Å². The van der Waals surface area contributed by atoms with Crippen molar-refractivity contribution >= 4 is 0 Å². The maximum atomic E-state index is 10.2. The van der Waals surface area contributed by atoms with Gasteiger partial charge in [0.15, 0.2) is 11.5 Å². The summed E-state index contributed by atoms with van der Waals surface area (Å²) in [5.41, 5.74) is 3.34. The normalized spacial score (nSPS) is 31.3. The summed E-state index contributed by atoms with van der Waals surface area (Å²) in [7, 11) is 1.62. The number of hydrogen-bond donors (Lipinski definition) is 1. The zero-order valence-corrected chi connectivity index (χ0v) is 13.1. The number of methoxy groups -OCH3 is 1. The van der Waals surface area contributed by atoms with Crippen LogP contribution >= 0.6 is 0 Å². The summed E-state index contributed by atoms with van der Waals surface area (Å²) in [5, 5.41) is 10.2. The summed E-state index contributed by atoms with van der Waals surface area (Å²) in [4.78, 5) is 0. The molecule has 3 rings (SSSR count). The molecule has 1 N–H and O–H groups in total. The van der Waals surface area contributed by atoms with Crippen molar-refractivity contribution in [3.63, 3.8) is 0 Å². The van der Waals surface area contributed by atoms with Crippen molar-refractivity contribution in [2.75, 3.05) is 7.11 Å². The molecule has 110 valence electrons. The van der Waals surface area contributed by atoms with E-state index in [1.807, 2.05) is 12.1 Å². The standard InChI is InChI=1S/C18H26O2/c1-17(2)8-5-9-18(3)13-11-14(19)15(20-4)10-12(13)6-7-16(17)18/h10-11,16,19H,5-9H2,1-4H3. The molecule has 0 spiro atoms. The van der Waals surface area contributed by atoms with Crippen LogP contribution in [0.4, 0.5) is 0 Å². The highest BCUT2D eigenvalue weighted by molar-refractivity contribution is 5.51. The fourth-order valence-corrected chi connectivity index (χ4v) is 4.97. The quantitative estimate of drug-likeness (QED) is 0.821. The first kappa shape index (κ1) is 13.8.